The van der Waals surface area contributed by atoms with Crippen LogP contribution in [0.15, 0.2) is 51.8 Å². The summed E-state index contributed by atoms with van der Waals surface area (Å²) in [7, 11) is 0. The highest BCUT2D eigenvalue weighted by Crippen LogP contribution is 2.25. The van der Waals surface area contributed by atoms with Gasteiger partial charge >= 0.3 is 0 Å². The van der Waals surface area contributed by atoms with E-state index in [1.54, 1.807) is 6.07 Å². The van der Waals surface area contributed by atoms with Crippen molar-refractivity contribution in [1.82, 2.24) is 0 Å². The zero-order valence-corrected chi connectivity index (χ0v) is 12.5. The standard InChI is InChI=1S/C14H13BrFNOS/c15-10-1-4-12(5-2-10)18-7-8-19-14-9-11(16)3-6-13(14)17/h1-6,9H,7-8,17H2. The smallest absolute Gasteiger partial charge is 0.124 e. The summed E-state index contributed by atoms with van der Waals surface area (Å²) in [4.78, 5) is 0.749. The Morgan fingerprint density at radius 3 is 2.63 bits per heavy atom. The molecule has 0 aliphatic heterocycles. The van der Waals surface area contributed by atoms with Gasteiger partial charge in [-0.2, -0.15) is 0 Å². The summed E-state index contributed by atoms with van der Waals surface area (Å²) in [6, 6.07) is 12.0. The van der Waals surface area contributed by atoms with Crippen LogP contribution in [0.4, 0.5) is 10.1 Å². The third-order valence-electron chi connectivity index (χ3n) is 2.40. The molecule has 0 bridgehead atoms. The fourth-order valence-corrected chi connectivity index (χ4v) is 2.56. The van der Waals surface area contributed by atoms with E-state index in [0.29, 0.717) is 18.0 Å². The molecule has 100 valence electrons. The molecule has 5 heteroatoms. The Kier molecular flexibility index (Phi) is 5.10. The molecule has 0 aliphatic carbocycles. The van der Waals surface area contributed by atoms with E-state index >= 15 is 0 Å². The molecule has 0 unspecified atom stereocenters. The fraction of sp³-hybridized carbons (Fsp3) is 0.143. The van der Waals surface area contributed by atoms with Gasteiger partial charge in [-0.1, -0.05) is 15.9 Å². The molecule has 0 atom stereocenters. The maximum Gasteiger partial charge on any atom is 0.124 e. The lowest BCUT2D eigenvalue weighted by Gasteiger charge is -2.07. The first kappa shape index (κ1) is 14.2. The molecule has 2 rings (SSSR count). The maximum atomic E-state index is 13.1. The largest absolute Gasteiger partial charge is 0.493 e. The fourth-order valence-electron chi connectivity index (χ4n) is 1.48. The van der Waals surface area contributed by atoms with Crippen LogP contribution in [0.25, 0.3) is 0 Å². The van der Waals surface area contributed by atoms with Crippen LogP contribution in [0, 0.1) is 5.82 Å². The number of thioether (sulfide) groups is 1. The molecule has 19 heavy (non-hydrogen) atoms. The summed E-state index contributed by atoms with van der Waals surface area (Å²) in [6.45, 7) is 0.544. The number of halogens is 2. The van der Waals surface area contributed by atoms with Gasteiger partial charge in [0.1, 0.15) is 11.6 Å². The number of rotatable bonds is 5. The minimum atomic E-state index is -0.273. The van der Waals surface area contributed by atoms with Crippen molar-refractivity contribution < 1.29 is 9.13 Å². The first-order valence-corrected chi connectivity index (χ1v) is 7.49. The number of anilines is 1. The molecule has 2 aromatic rings. The molecule has 0 saturated carbocycles. The van der Waals surface area contributed by atoms with Crippen LogP contribution < -0.4 is 10.5 Å². The second-order valence-corrected chi connectivity index (χ2v) is 5.89. The highest BCUT2D eigenvalue weighted by atomic mass is 79.9. The molecule has 0 spiro atoms. The number of hydrogen-bond donors (Lipinski definition) is 1. The number of benzene rings is 2. The predicted molar refractivity (Wildman–Crippen MR) is 81.2 cm³/mol. The van der Waals surface area contributed by atoms with Gasteiger partial charge in [0, 0.05) is 20.8 Å². The summed E-state index contributed by atoms with van der Waals surface area (Å²) in [6.07, 6.45) is 0. The van der Waals surface area contributed by atoms with Crippen LogP contribution in [0.1, 0.15) is 0 Å². The van der Waals surface area contributed by atoms with Crippen LogP contribution in [-0.2, 0) is 0 Å². The lowest BCUT2D eigenvalue weighted by molar-refractivity contribution is 0.344. The van der Waals surface area contributed by atoms with E-state index in [2.05, 4.69) is 15.9 Å². The van der Waals surface area contributed by atoms with Crippen molar-refractivity contribution in [3.63, 3.8) is 0 Å². The van der Waals surface area contributed by atoms with Gasteiger partial charge in [0.15, 0.2) is 0 Å². The maximum absolute atomic E-state index is 13.1. The van der Waals surface area contributed by atoms with Gasteiger partial charge < -0.3 is 10.5 Å². The van der Waals surface area contributed by atoms with Crippen LogP contribution >= 0.6 is 27.7 Å². The number of nitrogens with two attached hydrogens (primary N) is 1. The molecular formula is C14H13BrFNOS. The third kappa shape index (κ3) is 4.44. The zero-order valence-electron chi connectivity index (χ0n) is 10.1. The van der Waals surface area contributed by atoms with E-state index in [4.69, 9.17) is 10.5 Å². The van der Waals surface area contributed by atoms with Crippen molar-refractivity contribution in [3.05, 3.63) is 52.8 Å². The van der Waals surface area contributed by atoms with Gasteiger partial charge in [-0.05, 0) is 42.5 Å². The zero-order chi connectivity index (χ0) is 13.7. The summed E-state index contributed by atoms with van der Waals surface area (Å²) in [5.41, 5.74) is 6.36. The second kappa shape index (κ2) is 6.82. The molecule has 0 saturated heterocycles. The lowest BCUT2D eigenvalue weighted by atomic mass is 10.3. The van der Waals surface area contributed by atoms with Crippen molar-refractivity contribution in [1.29, 1.82) is 0 Å². The third-order valence-corrected chi connectivity index (χ3v) is 3.96. The molecule has 0 radical (unpaired) electrons. The van der Waals surface area contributed by atoms with Crippen molar-refractivity contribution in [3.8, 4) is 5.75 Å². The Balaban J connectivity index is 1.80. The van der Waals surface area contributed by atoms with E-state index in [1.165, 1.54) is 23.9 Å². The second-order valence-electron chi connectivity index (χ2n) is 3.83. The van der Waals surface area contributed by atoms with E-state index in [1.807, 2.05) is 24.3 Å². The molecule has 0 heterocycles. The van der Waals surface area contributed by atoms with Crippen molar-refractivity contribution in [2.45, 2.75) is 4.90 Å². The number of ether oxygens (including phenoxy) is 1. The summed E-state index contributed by atoms with van der Waals surface area (Å²) >= 11 is 4.85. The van der Waals surface area contributed by atoms with Gasteiger partial charge in [-0.3, -0.25) is 0 Å². The van der Waals surface area contributed by atoms with Gasteiger partial charge in [0.25, 0.3) is 0 Å². The highest BCUT2D eigenvalue weighted by molar-refractivity contribution is 9.10. The number of nitrogen functional groups attached to an aromatic ring is 1. The molecular weight excluding hydrogens is 329 g/mol. The van der Waals surface area contributed by atoms with Gasteiger partial charge in [-0.15, -0.1) is 11.8 Å². The Bertz CT molecular complexity index is 548. The topological polar surface area (TPSA) is 35.2 Å². The monoisotopic (exact) mass is 341 g/mol. The van der Waals surface area contributed by atoms with Crippen LogP contribution in [0.3, 0.4) is 0 Å². The first-order valence-electron chi connectivity index (χ1n) is 5.71. The van der Waals surface area contributed by atoms with Crippen LogP contribution in [0.5, 0.6) is 5.75 Å². The Morgan fingerprint density at radius 1 is 1.16 bits per heavy atom. The van der Waals surface area contributed by atoms with E-state index in [-0.39, 0.29) is 5.82 Å². The normalized spacial score (nSPS) is 10.4. The van der Waals surface area contributed by atoms with Crippen LogP contribution in [-0.4, -0.2) is 12.4 Å². The summed E-state index contributed by atoms with van der Waals surface area (Å²) in [5, 5.41) is 0. The predicted octanol–water partition coefficient (Wildman–Crippen LogP) is 4.34. The average Bonchev–Trinajstić information content (AvgIpc) is 2.40. The first-order chi connectivity index (χ1) is 9.15. The van der Waals surface area contributed by atoms with Gasteiger partial charge in [0.2, 0.25) is 0 Å². The molecule has 2 nitrogen and oxygen atoms in total. The van der Waals surface area contributed by atoms with Gasteiger partial charge in [0.05, 0.1) is 6.61 Å². The van der Waals surface area contributed by atoms with Crippen molar-refractivity contribution >= 4 is 33.4 Å². The van der Waals surface area contributed by atoms with Gasteiger partial charge in [-0.25, -0.2) is 4.39 Å². The average molecular weight is 342 g/mol. The van der Waals surface area contributed by atoms with E-state index < -0.39 is 0 Å². The minimum Gasteiger partial charge on any atom is -0.493 e. The van der Waals surface area contributed by atoms with E-state index in [0.717, 1.165) is 15.1 Å². The Labute approximate surface area is 124 Å². The molecule has 0 fully saturated rings. The minimum absolute atomic E-state index is 0.273. The molecule has 0 amide bonds. The molecule has 0 aromatic heterocycles. The number of hydrogen-bond acceptors (Lipinski definition) is 3. The molecule has 0 aliphatic rings. The summed E-state index contributed by atoms with van der Waals surface area (Å²) < 4.78 is 19.6. The SMILES string of the molecule is Nc1ccc(F)cc1SCCOc1ccc(Br)cc1. The summed E-state index contributed by atoms with van der Waals surface area (Å²) in [5.74, 6) is 1.26. The Hall–Kier alpha value is -1.20. The quantitative estimate of drug-likeness (QED) is 0.499. The van der Waals surface area contributed by atoms with E-state index in [9.17, 15) is 4.39 Å². The lowest BCUT2D eigenvalue weighted by Crippen LogP contribution is -2.00. The Morgan fingerprint density at radius 2 is 1.89 bits per heavy atom. The molecule has 2 N–H and O–H groups in total. The van der Waals surface area contributed by atoms with Crippen LogP contribution in [0.2, 0.25) is 0 Å². The molecule has 2 aromatic carbocycles. The van der Waals surface area contributed by atoms with Crippen molar-refractivity contribution in [2.24, 2.45) is 0 Å². The van der Waals surface area contributed by atoms with Crippen molar-refractivity contribution in [2.75, 3.05) is 18.1 Å². The highest BCUT2D eigenvalue weighted by Gasteiger charge is 2.02.